The quantitative estimate of drug-likeness (QED) is 0.276. The molecule has 0 radical (unpaired) electrons. The summed E-state index contributed by atoms with van der Waals surface area (Å²) in [6.07, 6.45) is 0. The molecule has 3 rings (SSSR count). The summed E-state index contributed by atoms with van der Waals surface area (Å²) in [5.41, 5.74) is 5.20. The Kier molecular flexibility index (Phi) is 7.81. The molecule has 0 spiro atoms. The van der Waals surface area contributed by atoms with E-state index in [0.29, 0.717) is 36.0 Å². The summed E-state index contributed by atoms with van der Waals surface area (Å²) in [6.45, 7) is 4.98. The molecule has 0 aliphatic carbocycles. The number of hydrazone groups is 1. The Balaban J connectivity index is 1.58. The predicted octanol–water partition coefficient (Wildman–Crippen LogP) is 3.27. The van der Waals surface area contributed by atoms with Crippen molar-refractivity contribution >= 4 is 56.3 Å². The second-order valence-electron chi connectivity index (χ2n) is 6.79. The maximum absolute atomic E-state index is 11.4. The van der Waals surface area contributed by atoms with Crippen LogP contribution in [0.15, 0.2) is 39.2 Å². The summed E-state index contributed by atoms with van der Waals surface area (Å²) >= 11 is 10.3. The molecule has 1 fully saturated rings. The maximum atomic E-state index is 11.4. The third-order valence-corrected chi connectivity index (χ3v) is 6.72. The molecule has 0 unspecified atom stereocenters. The molecule has 0 atom stereocenters. The van der Waals surface area contributed by atoms with Crippen LogP contribution < -0.4 is 5.43 Å². The molecule has 7 nitrogen and oxygen atoms in total. The molecule has 0 saturated carbocycles. The lowest BCUT2D eigenvalue weighted by molar-refractivity contribution is -0.142. The van der Waals surface area contributed by atoms with E-state index in [1.54, 1.807) is 0 Å². The van der Waals surface area contributed by atoms with Crippen LogP contribution in [0.5, 0.6) is 5.75 Å². The van der Waals surface area contributed by atoms with E-state index in [9.17, 15) is 9.90 Å². The summed E-state index contributed by atoms with van der Waals surface area (Å²) in [6, 6.07) is 7.80. The fraction of sp³-hybridized carbons (Fsp3) is 0.350. The number of rotatable bonds is 5. The highest BCUT2D eigenvalue weighted by Crippen LogP contribution is 2.39. The van der Waals surface area contributed by atoms with Gasteiger partial charge in [-0.25, -0.2) is 0 Å². The van der Waals surface area contributed by atoms with E-state index in [1.165, 1.54) is 18.4 Å². The number of halogens is 1. The van der Waals surface area contributed by atoms with Gasteiger partial charge in [0, 0.05) is 36.0 Å². The van der Waals surface area contributed by atoms with Crippen molar-refractivity contribution in [3.8, 4) is 16.2 Å². The Hall–Kier alpha value is -2.01. The van der Waals surface area contributed by atoms with Gasteiger partial charge in [-0.3, -0.25) is 15.1 Å². The molecule has 30 heavy (non-hydrogen) atoms. The number of aromatic hydroxyl groups is 1. The van der Waals surface area contributed by atoms with Crippen molar-refractivity contribution < 1.29 is 14.6 Å². The molecule has 1 aromatic carbocycles. The first-order valence-corrected chi connectivity index (χ1v) is 11.4. The monoisotopic (exact) mass is 510 g/mol. The number of thiophene rings is 1. The van der Waals surface area contributed by atoms with Gasteiger partial charge in [-0.2, -0.15) is 5.10 Å². The van der Waals surface area contributed by atoms with Crippen LogP contribution in [0.4, 0.5) is 0 Å². The van der Waals surface area contributed by atoms with E-state index in [4.69, 9.17) is 17.0 Å². The van der Waals surface area contributed by atoms with Gasteiger partial charge in [0.05, 0.1) is 29.8 Å². The molecule has 10 heteroatoms. The Labute approximate surface area is 193 Å². The Morgan fingerprint density at radius 3 is 2.60 bits per heavy atom. The lowest BCUT2D eigenvalue weighted by atomic mass is 10.1. The van der Waals surface area contributed by atoms with Gasteiger partial charge in [0.2, 0.25) is 0 Å². The molecular formula is C20H23BrN4O3S2. The van der Waals surface area contributed by atoms with E-state index in [0.717, 1.165) is 28.0 Å². The fourth-order valence-corrected chi connectivity index (χ4v) is 4.54. The van der Waals surface area contributed by atoms with Gasteiger partial charge in [-0.15, -0.1) is 11.3 Å². The number of ether oxygens (including phenoxy) is 1. The van der Waals surface area contributed by atoms with E-state index in [2.05, 4.69) is 26.5 Å². The van der Waals surface area contributed by atoms with Gasteiger partial charge in [-0.05, 0) is 36.8 Å². The molecule has 1 aromatic heterocycles. The van der Waals surface area contributed by atoms with E-state index in [-0.39, 0.29) is 11.7 Å². The van der Waals surface area contributed by atoms with Crippen molar-refractivity contribution in [1.82, 2.24) is 15.2 Å². The number of methoxy groups -OCH3 is 1. The highest BCUT2D eigenvalue weighted by Gasteiger charge is 2.21. The molecule has 2 N–H and O–H groups in total. The van der Waals surface area contributed by atoms with Gasteiger partial charge >= 0.3 is 5.97 Å². The SMILES string of the molecule is COC(=O)CN1CCN(C(=S)NN=C(C)c2csc(-c3ccc(Br)cc3)c2O)CC1. The average Bonchev–Trinajstić information content (AvgIpc) is 3.14. The van der Waals surface area contributed by atoms with Crippen molar-refractivity contribution in [2.45, 2.75) is 6.92 Å². The molecule has 1 saturated heterocycles. The molecule has 2 aromatic rings. The van der Waals surface area contributed by atoms with Crippen LogP contribution in [-0.4, -0.2) is 71.5 Å². The molecule has 1 aliphatic heterocycles. The number of thiocarbonyl (C=S) groups is 1. The largest absolute Gasteiger partial charge is 0.506 e. The van der Waals surface area contributed by atoms with Gasteiger partial charge in [0.1, 0.15) is 5.75 Å². The summed E-state index contributed by atoms with van der Waals surface area (Å²) in [5, 5.41) is 17.4. The smallest absolute Gasteiger partial charge is 0.319 e. The van der Waals surface area contributed by atoms with Crippen LogP contribution in [0.1, 0.15) is 12.5 Å². The van der Waals surface area contributed by atoms with Crippen LogP contribution in [-0.2, 0) is 9.53 Å². The summed E-state index contributed by atoms with van der Waals surface area (Å²) in [5.74, 6) is -0.0184. The summed E-state index contributed by atoms with van der Waals surface area (Å²) in [7, 11) is 1.39. The number of benzene rings is 1. The first kappa shape index (κ1) is 22.7. The predicted molar refractivity (Wildman–Crippen MR) is 127 cm³/mol. The number of carbonyl (C=O) groups excluding carboxylic acids is 1. The number of carbonyl (C=O) groups is 1. The number of nitrogens with one attached hydrogen (secondary N) is 1. The van der Waals surface area contributed by atoms with E-state index < -0.39 is 0 Å². The average molecular weight is 511 g/mol. The lowest BCUT2D eigenvalue weighted by Crippen LogP contribution is -2.52. The highest BCUT2D eigenvalue weighted by molar-refractivity contribution is 9.10. The number of esters is 1. The first-order valence-electron chi connectivity index (χ1n) is 9.34. The van der Waals surface area contributed by atoms with Crippen molar-refractivity contribution in [2.75, 3.05) is 39.8 Å². The minimum absolute atomic E-state index is 0.215. The van der Waals surface area contributed by atoms with Crippen LogP contribution >= 0.6 is 39.5 Å². The molecule has 2 heterocycles. The second-order valence-corrected chi connectivity index (χ2v) is 8.97. The van der Waals surface area contributed by atoms with Gasteiger partial charge in [0.25, 0.3) is 0 Å². The van der Waals surface area contributed by atoms with Crippen LogP contribution in [0, 0.1) is 0 Å². The molecular weight excluding hydrogens is 488 g/mol. The van der Waals surface area contributed by atoms with Crippen molar-refractivity contribution in [3.63, 3.8) is 0 Å². The molecule has 1 aliphatic rings. The van der Waals surface area contributed by atoms with Gasteiger partial charge < -0.3 is 14.7 Å². The fourth-order valence-electron chi connectivity index (χ4n) is 3.03. The summed E-state index contributed by atoms with van der Waals surface area (Å²) in [4.78, 5) is 16.2. The number of piperazine rings is 1. The van der Waals surface area contributed by atoms with Crippen molar-refractivity contribution in [1.29, 1.82) is 0 Å². The topological polar surface area (TPSA) is 77.4 Å². The van der Waals surface area contributed by atoms with Gasteiger partial charge in [0.15, 0.2) is 5.11 Å². The van der Waals surface area contributed by atoms with Crippen LogP contribution in [0.3, 0.4) is 0 Å². The zero-order chi connectivity index (χ0) is 21.7. The maximum Gasteiger partial charge on any atom is 0.319 e. The Bertz CT molecular complexity index is 938. The third kappa shape index (κ3) is 5.57. The molecule has 0 amide bonds. The minimum atomic E-state index is -0.234. The Morgan fingerprint density at radius 2 is 1.97 bits per heavy atom. The second kappa shape index (κ2) is 10.3. The summed E-state index contributed by atoms with van der Waals surface area (Å²) < 4.78 is 5.70. The normalized spacial score (nSPS) is 15.2. The number of hydrogen-bond acceptors (Lipinski definition) is 7. The third-order valence-electron chi connectivity index (χ3n) is 4.82. The van der Waals surface area contributed by atoms with Crippen LogP contribution in [0.25, 0.3) is 10.4 Å². The van der Waals surface area contributed by atoms with E-state index >= 15 is 0 Å². The molecule has 0 bridgehead atoms. The first-order chi connectivity index (χ1) is 14.4. The number of hydrogen-bond donors (Lipinski definition) is 2. The minimum Gasteiger partial charge on any atom is -0.506 e. The Morgan fingerprint density at radius 1 is 1.30 bits per heavy atom. The zero-order valence-corrected chi connectivity index (χ0v) is 19.9. The van der Waals surface area contributed by atoms with Gasteiger partial charge in [-0.1, -0.05) is 28.1 Å². The van der Waals surface area contributed by atoms with Crippen molar-refractivity contribution in [3.05, 3.63) is 39.7 Å². The molecule has 160 valence electrons. The highest BCUT2D eigenvalue weighted by atomic mass is 79.9. The van der Waals surface area contributed by atoms with E-state index in [1.807, 2.05) is 46.4 Å². The van der Waals surface area contributed by atoms with Crippen molar-refractivity contribution in [2.24, 2.45) is 5.10 Å². The zero-order valence-electron chi connectivity index (χ0n) is 16.7. The number of nitrogens with zero attached hydrogens (tertiary/aromatic N) is 3. The van der Waals surface area contributed by atoms with Crippen LogP contribution in [0.2, 0.25) is 0 Å². The standard InChI is InChI=1S/C20H23BrN4O3S2/c1-13(16-12-30-19(18(16)27)14-3-5-15(21)6-4-14)22-23-20(29)25-9-7-24(8-10-25)11-17(26)28-2/h3-6,12,27H,7-11H2,1-2H3,(H,23,29). The lowest BCUT2D eigenvalue weighted by Gasteiger charge is -2.35.